The average Bonchev–Trinajstić information content (AvgIpc) is 3.06. The Morgan fingerprint density at radius 1 is 1.24 bits per heavy atom. The number of carbonyl (C=O) groups excluding carboxylic acids is 3. The highest BCUT2D eigenvalue weighted by Crippen LogP contribution is 2.24. The molecule has 1 unspecified atom stereocenters. The third-order valence-corrected chi connectivity index (χ3v) is 6.37. The number of amides is 4. The van der Waals surface area contributed by atoms with Gasteiger partial charge < -0.3 is 10.2 Å². The third-order valence-electron chi connectivity index (χ3n) is 4.33. The van der Waals surface area contributed by atoms with Gasteiger partial charge in [-0.3, -0.25) is 19.3 Å². The van der Waals surface area contributed by atoms with Crippen LogP contribution in [0.3, 0.4) is 0 Å². The van der Waals surface area contributed by atoms with Crippen LogP contribution in [0.2, 0.25) is 0 Å². The number of urea groups is 1. The van der Waals surface area contributed by atoms with Gasteiger partial charge in [-0.05, 0) is 0 Å². The largest absolute Gasteiger partial charge is 0.335 e. The summed E-state index contributed by atoms with van der Waals surface area (Å²) in [6, 6.07) is -0.474. The molecule has 1 N–H and O–H groups in total. The van der Waals surface area contributed by atoms with Crippen LogP contribution in [0, 0.1) is 0 Å². The molecule has 2 aromatic rings. The van der Waals surface area contributed by atoms with Crippen LogP contribution < -0.4 is 10.9 Å². The lowest BCUT2D eigenvalue weighted by molar-refractivity contribution is -0.132. The first-order valence-corrected chi connectivity index (χ1v) is 10.5. The maximum absolute atomic E-state index is 12.6. The van der Waals surface area contributed by atoms with Crippen LogP contribution in [-0.2, 0) is 15.0 Å². The summed E-state index contributed by atoms with van der Waals surface area (Å²) in [5.41, 5.74) is -0.480. The number of hydrogen-bond donors (Lipinski definition) is 1. The van der Waals surface area contributed by atoms with Crippen molar-refractivity contribution in [1.82, 2.24) is 34.9 Å². The fraction of sp³-hybridized carbons (Fsp3) is 0.562. The molecule has 29 heavy (non-hydrogen) atoms. The van der Waals surface area contributed by atoms with E-state index >= 15 is 0 Å². The van der Waals surface area contributed by atoms with Gasteiger partial charge in [0.1, 0.15) is 11.9 Å². The van der Waals surface area contributed by atoms with Gasteiger partial charge in [0.2, 0.25) is 16.8 Å². The summed E-state index contributed by atoms with van der Waals surface area (Å²) in [5.74, 6) is -0.702. The molecule has 0 radical (unpaired) electrons. The number of rotatable bonds is 4. The van der Waals surface area contributed by atoms with E-state index in [1.54, 1.807) is 0 Å². The van der Waals surface area contributed by atoms with Gasteiger partial charge in [0.15, 0.2) is 4.34 Å². The molecular weight excluding hydrogens is 418 g/mol. The molecule has 2 aromatic heterocycles. The molecule has 3 heterocycles. The number of fused-ring (bicyclic) bond motifs is 1. The molecule has 1 aliphatic heterocycles. The highest BCUT2D eigenvalue weighted by Gasteiger charge is 2.35. The molecule has 1 fully saturated rings. The van der Waals surface area contributed by atoms with Crippen molar-refractivity contribution in [2.75, 3.05) is 19.8 Å². The van der Waals surface area contributed by atoms with Gasteiger partial charge in [-0.25, -0.2) is 4.79 Å². The maximum atomic E-state index is 12.6. The quantitative estimate of drug-likeness (QED) is 0.673. The van der Waals surface area contributed by atoms with Crippen LogP contribution >= 0.6 is 23.1 Å². The lowest BCUT2D eigenvalue weighted by Crippen LogP contribution is -2.59. The van der Waals surface area contributed by atoms with Crippen molar-refractivity contribution in [2.45, 2.75) is 43.1 Å². The predicted molar refractivity (Wildman–Crippen MR) is 107 cm³/mol. The van der Waals surface area contributed by atoms with Crippen LogP contribution in [0.4, 0.5) is 4.79 Å². The van der Waals surface area contributed by atoms with E-state index in [0.717, 1.165) is 28.0 Å². The minimum atomic E-state index is -0.697. The monoisotopic (exact) mass is 439 g/mol. The SMILES string of the molecule is CN1C(=O)CC(NC(=O)CSc2nn3c(=O)c(C(C)(C)C)nnc3s2)N(C)C1=O. The highest BCUT2D eigenvalue weighted by atomic mass is 32.2. The minimum absolute atomic E-state index is 0.0106. The summed E-state index contributed by atoms with van der Waals surface area (Å²) >= 11 is 2.29. The highest BCUT2D eigenvalue weighted by molar-refractivity contribution is 8.01. The lowest BCUT2D eigenvalue weighted by Gasteiger charge is -2.36. The van der Waals surface area contributed by atoms with Crippen molar-refractivity contribution in [3.63, 3.8) is 0 Å². The second-order valence-electron chi connectivity index (χ2n) is 7.59. The first kappa shape index (κ1) is 21.2. The molecular formula is C16H21N7O4S2. The van der Waals surface area contributed by atoms with Gasteiger partial charge in [-0.1, -0.05) is 43.9 Å². The Morgan fingerprint density at radius 3 is 2.59 bits per heavy atom. The van der Waals surface area contributed by atoms with Gasteiger partial charge in [-0.15, -0.1) is 15.3 Å². The van der Waals surface area contributed by atoms with E-state index < -0.39 is 17.6 Å². The Labute approximate surface area is 174 Å². The molecule has 1 saturated heterocycles. The normalized spacial score (nSPS) is 17.9. The average molecular weight is 440 g/mol. The zero-order chi connectivity index (χ0) is 21.5. The number of thioether (sulfide) groups is 1. The van der Waals surface area contributed by atoms with Crippen molar-refractivity contribution in [1.29, 1.82) is 0 Å². The van der Waals surface area contributed by atoms with Crippen molar-refractivity contribution in [2.24, 2.45) is 0 Å². The predicted octanol–water partition coefficient (Wildman–Crippen LogP) is 0.292. The molecule has 4 amide bonds. The number of imide groups is 1. The number of aromatic nitrogens is 4. The summed E-state index contributed by atoms with van der Waals surface area (Å²) < 4.78 is 1.68. The van der Waals surface area contributed by atoms with E-state index in [1.807, 2.05) is 20.8 Å². The molecule has 0 spiro atoms. The fourth-order valence-electron chi connectivity index (χ4n) is 2.64. The van der Waals surface area contributed by atoms with Gasteiger partial charge in [-0.2, -0.15) is 4.52 Å². The summed E-state index contributed by atoms with van der Waals surface area (Å²) in [4.78, 5) is 51.3. The number of nitrogens with one attached hydrogen (secondary N) is 1. The third kappa shape index (κ3) is 4.24. The second kappa shape index (κ2) is 7.71. The van der Waals surface area contributed by atoms with Gasteiger partial charge in [0.25, 0.3) is 5.56 Å². The first-order valence-electron chi connectivity index (χ1n) is 8.71. The van der Waals surface area contributed by atoms with E-state index in [0.29, 0.717) is 15.0 Å². The minimum Gasteiger partial charge on any atom is -0.335 e. The van der Waals surface area contributed by atoms with E-state index in [-0.39, 0.29) is 29.5 Å². The van der Waals surface area contributed by atoms with Gasteiger partial charge >= 0.3 is 6.03 Å². The number of hydrogen-bond acceptors (Lipinski definition) is 9. The molecule has 11 nitrogen and oxygen atoms in total. The van der Waals surface area contributed by atoms with E-state index in [2.05, 4.69) is 20.6 Å². The van der Waals surface area contributed by atoms with Crippen LogP contribution in [0.15, 0.2) is 9.13 Å². The topological polar surface area (TPSA) is 130 Å². The van der Waals surface area contributed by atoms with Crippen molar-refractivity contribution in [3.8, 4) is 0 Å². The summed E-state index contributed by atoms with van der Waals surface area (Å²) in [6.45, 7) is 5.60. The zero-order valence-electron chi connectivity index (χ0n) is 16.6. The first-order chi connectivity index (χ1) is 13.5. The standard InChI is InChI=1S/C16H21N7O4S2/c1-16(2,3)11-12(26)23-13(19-18-11)29-14(20-23)28-7-9(24)17-8-6-10(25)22(5)15(27)21(8)4/h8H,6-7H2,1-5H3,(H,17,24). The molecule has 3 rings (SSSR count). The molecule has 156 valence electrons. The van der Waals surface area contributed by atoms with Crippen LogP contribution in [0.1, 0.15) is 32.9 Å². The van der Waals surface area contributed by atoms with E-state index in [9.17, 15) is 19.2 Å². The van der Waals surface area contributed by atoms with Crippen LogP contribution in [-0.4, -0.2) is 73.5 Å². The Bertz CT molecular complexity index is 1040. The summed E-state index contributed by atoms with van der Waals surface area (Å²) in [7, 11) is 2.92. The molecule has 13 heteroatoms. The fourth-order valence-corrected chi connectivity index (χ4v) is 4.33. The zero-order valence-corrected chi connectivity index (χ0v) is 18.3. The van der Waals surface area contributed by atoms with Gasteiger partial charge in [0, 0.05) is 19.5 Å². The van der Waals surface area contributed by atoms with E-state index in [4.69, 9.17) is 0 Å². The molecule has 0 aliphatic carbocycles. The Hall–Kier alpha value is -2.54. The van der Waals surface area contributed by atoms with E-state index in [1.165, 1.54) is 23.5 Å². The van der Waals surface area contributed by atoms with Crippen LogP contribution in [0.25, 0.3) is 4.96 Å². The maximum Gasteiger partial charge on any atom is 0.327 e. The summed E-state index contributed by atoms with van der Waals surface area (Å²) in [6.07, 6.45) is -0.686. The summed E-state index contributed by atoms with van der Waals surface area (Å²) in [5, 5.41) is 15.0. The van der Waals surface area contributed by atoms with Crippen molar-refractivity contribution in [3.05, 3.63) is 16.0 Å². The second-order valence-corrected chi connectivity index (χ2v) is 9.77. The Balaban J connectivity index is 1.67. The van der Waals surface area contributed by atoms with Crippen molar-refractivity contribution >= 4 is 45.9 Å². The van der Waals surface area contributed by atoms with Crippen LogP contribution in [0.5, 0.6) is 0 Å². The molecule has 0 saturated carbocycles. The van der Waals surface area contributed by atoms with Crippen molar-refractivity contribution < 1.29 is 14.4 Å². The lowest BCUT2D eigenvalue weighted by atomic mass is 9.93. The smallest absolute Gasteiger partial charge is 0.327 e. The number of carbonyl (C=O) groups is 3. The molecule has 1 atom stereocenters. The Morgan fingerprint density at radius 2 is 1.93 bits per heavy atom. The number of nitrogens with zero attached hydrogens (tertiary/aromatic N) is 6. The van der Waals surface area contributed by atoms with Gasteiger partial charge in [0.05, 0.1) is 12.2 Å². The molecule has 1 aliphatic rings. The Kier molecular flexibility index (Phi) is 5.63. The molecule has 0 aromatic carbocycles. The molecule has 0 bridgehead atoms.